The lowest BCUT2D eigenvalue weighted by molar-refractivity contribution is -0.141. The molecule has 0 radical (unpaired) electrons. The van der Waals surface area contributed by atoms with Crippen molar-refractivity contribution in [3.05, 3.63) is 29.6 Å². The van der Waals surface area contributed by atoms with Crippen molar-refractivity contribution in [3.63, 3.8) is 0 Å². The van der Waals surface area contributed by atoms with Gasteiger partial charge in [-0.15, -0.1) is 0 Å². The number of pyridine rings is 1. The molecule has 13 heavy (non-hydrogen) atoms. The molecule has 0 aromatic carbocycles. The minimum Gasteiger partial charge on any atom is -0.271 e. The van der Waals surface area contributed by atoms with Crippen molar-refractivity contribution in [1.29, 1.82) is 0 Å². The highest BCUT2D eigenvalue weighted by molar-refractivity contribution is 5.13. The van der Waals surface area contributed by atoms with E-state index in [4.69, 9.17) is 5.84 Å². The van der Waals surface area contributed by atoms with E-state index in [1.54, 1.807) is 0 Å². The van der Waals surface area contributed by atoms with Gasteiger partial charge in [0.25, 0.3) is 0 Å². The summed E-state index contributed by atoms with van der Waals surface area (Å²) in [5.74, 6) is 4.95. The van der Waals surface area contributed by atoms with E-state index in [-0.39, 0.29) is 12.2 Å². The molecule has 0 bridgehead atoms. The molecule has 6 heteroatoms. The molecule has 1 aromatic heterocycles. The first-order chi connectivity index (χ1) is 6.04. The Morgan fingerprint density at radius 2 is 2.08 bits per heavy atom. The van der Waals surface area contributed by atoms with Crippen LogP contribution in [0.15, 0.2) is 18.2 Å². The minimum atomic E-state index is -4.40. The second kappa shape index (κ2) is 3.71. The highest BCUT2D eigenvalue weighted by atomic mass is 19.4. The molecule has 1 aromatic rings. The van der Waals surface area contributed by atoms with Gasteiger partial charge in [0.05, 0.1) is 12.2 Å². The predicted molar refractivity (Wildman–Crippen MR) is 40.3 cm³/mol. The molecule has 72 valence electrons. The third kappa shape index (κ3) is 2.67. The molecule has 1 heterocycles. The highest BCUT2D eigenvalue weighted by Crippen LogP contribution is 2.27. The van der Waals surface area contributed by atoms with E-state index in [1.165, 1.54) is 12.1 Å². The molecule has 1 rings (SSSR count). The van der Waals surface area contributed by atoms with Crippen LogP contribution in [0.5, 0.6) is 0 Å². The number of nitrogens with zero attached hydrogens (tertiary/aromatic N) is 1. The van der Waals surface area contributed by atoms with Crippen LogP contribution in [0.25, 0.3) is 0 Å². The number of nitrogens with one attached hydrogen (secondary N) is 1. The molecule has 3 nitrogen and oxygen atoms in total. The number of rotatable bonds is 2. The number of alkyl halides is 3. The van der Waals surface area contributed by atoms with Crippen molar-refractivity contribution >= 4 is 0 Å². The second-order valence-electron chi connectivity index (χ2n) is 2.39. The van der Waals surface area contributed by atoms with Gasteiger partial charge in [0.15, 0.2) is 0 Å². The van der Waals surface area contributed by atoms with Crippen LogP contribution >= 0.6 is 0 Å². The van der Waals surface area contributed by atoms with Gasteiger partial charge < -0.3 is 0 Å². The van der Waals surface area contributed by atoms with E-state index in [1.807, 2.05) is 0 Å². The standard InChI is InChI=1S/C7H8F3N3/c8-7(9,10)6-3-1-2-5(13-6)4-12-11/h1-3,12H,4,11H2. The first-order valence-electron chi connectivity index (χ1n) is 3.50. The average molecular weight is 191 g/mol. The van der Waals surface area contributed by atoms with E-state index in [0.717, 1.165) is 6.07 Å². The lowest BCUT2D eigenvalue weighted by atomic mass is 10.3. The zero-order valence-electron chi connectivity index (χ0n) is 6.60. The maximum Gasteiger partial charge on any atom is 0.433 e. The summed E-state index contributed by atoms with van der Waals surface area (Å²) in [5.41, 5.74) is 1.59. The van der Waals surface area contributed by atoms with E-state index in [9.17, 15) is 13.2 Å². The molecular formula is C7H8F3N3. The Balaban J connectivity index is 2.92. The Morgan fingerprint density at radius 1 is 1.38 bits per heavy atom. The van der Waals surface area contributed by atoms with Gasteiger partial charge in [-0.1, -0.05) is 6.07 Å². The third-order valence-corrected chi connectivity index (χ3v) is 1.38. The average Bonchev–Trinajstić information content (AvgIpc) is 2.04. The summed E-state index contributed by atoms with van der Waals surface area (Å²) in [5, 5.41) is 0. The molecule has 0 spiro atoms. The van der Waals surface area contributed by atoms with Crippen molar-refractivity contribution in [2.75, 3.05) is 0 Å². The summed E-state index contributed by atoms with van der Waals surface area (Å²) in [6.45, 7) is 0.115. The number of aromatic nitrogens is 1. The van der Waals surface area contributed by atoms with Gasteiger partial charge in [-0.05, 0) is 12.1 Å². The molecule has 0 aliphatic rings. The fraction of sp³-hybridized carbons (Fsp3) is 0.286. The van der Waals surface area contributed by atoms with Crippen molar-refractivity contribution < 1.29 is 13.2 Å². The van der Waals surface area contributed by atoms with Crippen molar-refractivity contribution in [2.45, 2.75) is 12.7 Å². The summed E-state index contributed by atoms with van der Waals surface area (Å²) in [6, 6.07) is 3.68. The maximum atomic E-state index is 12.1. The van der Waals surface area contributed by atoms with E-state index in [0.29, 0.717) is 0 Å². The van der Waals surface area contributed by atoms with E-state index in [2.05, 4.69) is 10.4 Å². The van der Waals surface area contributed by atoms with Crippen molar-refractivity contribution in [2.24, 2.45) is 5.84 Å². The molecule has 0 fully saturated rings. The van der Waals surface area contributed by atoms with Gasteiger partial charge >= 0.3 is 6.18 Å². The number of halogens is 3. The number of hydrogen-bond acceptors (Lipinski definition) is 3. The fourth-order valence-electron chi connectivity index (χ4n) is 0.840. The molecule has 0 saturated heterocycles. The molecule has 0 unspecified atom stereocenters. The summed E-state index contributed by atoms with van der Waals surface area (Å²) in [4.78, 5) is 3.37. The van der Waals surface area contributed by atoms with Gasteiger partial charge in [0, 0.05) is 0 Å². The third-order valence-electron chi connectivity index (χ3n) is 1.38. The smallest absolute Gasteiger partial charge is 0.271 e. The largest absolute Gasteiger partial charge is 0.433 e. The lowest BCUT2D eigenvalue weighted by Gasteiger charge is -2.06. The van der Waals surface area contributed by atoms with Crippen LogP contribution in [0.3, 0.4) is 0 Å². The van der Waals surface area contributed by atoms with Gasteiger partial charge in [-0.25, -0.2) is 4.98 Å². The van der Waals surface area contributed by atoms with Gasteiger partial charge in [0.1, 0.15) is 5.69 Å². The van der Waals surface area contributed by atoms with Gasteiger partial charge in [-0.2, -0.15) is 13.2 Å². The van der Waals surface area contributed by atoms with Gasteiger partial charge in [-0.3, -0.25) is 11.3 Å². The van der Waals surface area contributed by atoms with Crippen LogP contribution < -0.4 is 11.3 Å². The minimum absolute atomic E-state index is 0.115. The zero-order chi connectivity index (χ0) is 9.90. The van der Waals surface area contributed by atoms with Crippen molar-refractivity contribution in [1.82, 2.24) is 10.4 Å². The molecule has 0 saturated carbocycles. The lowest BCUT2D eigenvalue weighted by Crippen LogP contribution is -2.22. The van der Waals surface area contributed by atoms with Gasteiger partial charge in [0.2, 0.25) is 0 Å². The van der Waals surface area contributed by atoms with Crippen molar-refractivity contribution in [3.8, 4) is 0 Å². The molecule has 0 atom stereocenters. The molecule has 3 N–H and O–H groups in total. The van der Waals surface area contributed by atoms with E-state index >= 15 is 0 Å². The molecule has 0 aliphatic carbocycles. The Labute approximate surface area is 72.7 Å². The predicted octanol–water partition coefficient (Wildman–Crippen LogP) is 1.06. The van der Waals surface area contributed by atoms with Crippen LogP contribution in [0.2, 0.25) is 0 Å². The first-order valence-corrected chi connectivity index (χ1v) is 3.50. The first kappa shape index (κ1) is 9.94. The maximum absolute atomic E-state index is 12.1. The Morgan fingerprint density at radius 3 is 2.62 bits per heavy atom. The Kier molecular flexibility index (Phi) is 2.84. The van der Waals surface area contributed by atoms with Crippen LogP contribution in [0, 0.1) is 0 Å². The quantitative estimate of drug-likeness (QED) is 0.543. The number of hydrazine groups is 1. The second-order valence-corrected chi connectivity index (χ2v) is 2.39. The number of hydrogen-bond donors (Lipinski definition) is 2. The SMILES string of the molecule is NNCc1cccc(C(F)(F)F)n1. The fourth-order valence-corrected chi connectivity index (χ4v) is 0.840. The summed E-state index contributed by atoms with van der Waals surface area (Å²) in [7, 11) is 0. The Hall–Kier alpha value is -1.14. The molecule has 0 aliphatic heterocycles. The summed E-state index contributed by atoms with van der Waals surface area (Å²) < 4.78 is 36.3. The number of nitrogens with two attached hydrogens (primary N) is 1. The topological polar surface area (TPSA) is 50.9 Å². The normalized spacial score (nSPS) is 11.7. The zero-order valence-corrected chi connectivity index (χ0v) is 6.60. The molecular weight excluding hydrogens is 183 g/mol. The summed E-state index contributed by atoms with van der Waals surface area (Å²) >= 11 is 0. The van der Waals surface area contributed by atoms with Crippen LogP contribution in [-0.2, 0) is 12.7 Å². The molecule has 0 amide bonds. The summed E-state index contributed by atoms with van der Waals surface area (Å²) in [6.07, 6.45) is -4.40. The monoisotopic (exact) mass is 191 g/mol. The highest BCUT2D eigenvalue weighted by Gasteiger charge is 2.32. The van der Waals surface area contributed by atoms with Crippen LogP contribution in [0.4, 0.5) is 13.2 Å². The van der Waals surface area contributed by atoms with Crippen LogP contribution in [-0.4, -0.2) is 4.98 Å². The van der Waals surface area contributed by atoms with Crippen LogP contribution in [0.1, 0.15) is 11.4 Å². The van der Waals surface area contributed by atoms with E-state index < -0.39 is 11.9 Å². The Bertz CT molecular complexity index is 285.